The third kappa shape index (κ3) is 4.02. The van der Waals surface area contributed by atoms with Crippen LogP contribution in [0.2, 0.25) is 0 Å². The first kappa shape index (κ1) is 18.1. The van der Waals surface area contributed by atoms with Gasteiger partial charge in [-0.2, -0.15) is 0 Å². The highest BCUT2D eigenvalue weighted by Crippen LogP contribution is 2.35. The van der Waals surface area contributed by atoms with E-state index in [0.717, 1.165) is 6.07 Å². The van der Waals surface area contributed by atoms with Gasteiger partial charge < -0.3 is 15.6 Å². The molecular formula is C11H13BrClF2NO3. The normalized spacial score (nSPS) is 13.3. The molecule has 1 unspecified atom stereocenters. The number of phenolic OH excluding ortho intramolecular Hbond substituents is 1. The summed E-state index contributed by atoms with van der Waals surface area (Å²) in [6.45, 7) is 1.49. The highest BCUT2D eigenvalue weighted by Gasteiger charge is 2.32. The Morgan fingerprint density at radius 1 is 1.58 bits per heavy atom. The van der Waals surface area contributed by atoms with E-state index in [4.69, 9.17) is 5.73 Å². The van der Waals surface area contributed by atoms with Crippen LogP contribution in [0.25, 0.3) is 0 Å². The van der Waals surface area contributed by atoms with E-state index in [0.29, 0.717) is 0 Å². The van der Waals surface area contributed by atoms with Crippen molar-refractivity contribution in [2.75, 3.05) is 6.61 Å². The van der Waals surface area contributed by atoms with E-state index in [-0.39, 0.29) is 23.5 Å². The van der Waals surface area contributed by atoms with E-state index < -0.39 is 35.3 Å². The summed E-state index contributed by atoms with van der Waals surface area (Å²) in [4.78, 5) is 11.2. The van der Waals surface area contributed by atoms with Crippen molar-refractivity contribution in [3.8, 4) is 5.75 Å². The molecule has 0 amide bonds. The SMILES string of the molecule is CCOC(=O)C(F)[C@@H](N)c1c(F)ccc(Br)c1O.Cl. The lowest BCUT2D eigenvalue weighted by Crippen LogP contribution is -2.32. The molecule has 0 spiro atoms. The molecule has 0 aromatic heterocycles. The molecule has 0 saturated heterocycles. The minimum absolute atomic E-state index is 0. The Hall–Kier alpha value is -0.920. The number of hydrogen-bond donors (Lipinski definition) is 2. The number of ether oxygens (including phenoxy) is 1. The minimum atomic E-state index is -2.25. The topological polar surface area (TPSA) is 72.5 Å². The number of nitrogens with two attached hydrogens (primary N) is 1. The number of benzene rings is 1. The zero-order chi connectivity index (χ0) is 13.9. The van der Waals surface area contributed by atoms with Crippen LogP contribution in [0.1, 0.15) is 18.5 Å². The lowest BCUT2D eigenvalue weighted by Gasteiger charge is -2.18. The molecule has 0 heterocycles. The predicted molar refractivity (Wildman–Crippen MR) is 71.5 cm³/mol. The van der Waals surface area contributed by atoms with Crippen molar-refractivity contribution in [3.05, 3.63) is 28.0 Å². The van der Waals surface area contributed by atoms with E-state index >= 15 is 0 Å². The standard InChI is InChI=1S/C11H12BrF2NO3.ClH/c1-2-18-11(17)8(14)9(15)7-6(13)4-3-5(12)10(7)16;/h3-4,8-9,16H,2,15H2,1H3;1H/t8?,9-;/m0./s1. The summed E-state index contributed by atoms with van der Waals surface area (Å²) in [5, 5.41) is 9.62. The maximum absolute atomic E-state index is 13.7. The van der Waals surface area contributed by atoms with Crippen LogP contribution >= 0.6 is 28.3 Å². The zero-order valence-electron chi connectivity index (χ0n) is 9.90. The Morgan fingerprint density at radius 3 is 2.68 bits per heavy atom. The number of carbonyl (C=O) groups excluding carboxylic acids is 1. The van der Waals surface area contributed by atoms with Crippen molar-refractivity contribution >= 4 is 34.3 Å². The molecule has 1 aromatic carbocycles. The lowest BCUT2D eigenvalue weighted by molar-refractivity contribution is -0.150. The Bertz CT molecular complexity index is 462. The second kappa shape index (κ2) is 7.62. The monoisotopic (exact) mass is 359 g/mol. The predicted octanol–water partition coefficient (Wildman–Crippen LogP) is 2.62. The molecule has 0 bridgehead atoms. The van der Waals surface area contributed by atoms with Crippen LogP contribution in [-0.2, 0) is 9.53 Å². The summed E-state index contributed by atoms with van der Waals surface area (Å²) in [6.07, 6.45) is -2.25. The molecule has 0 aliphatic heterocycles. The van der Waals surface area contributed by atoms with Gasteiger partial charge in [0.25, 0.3) is 0 Å². The fourth-order valence-corrected chi connectivity index (χ4v) is 1.73. The smallest absolute Gasteiger partial charge is 0.342 e. The van der Waals surface area contributed by atoms with Crippen LogP contribution in [0.4, 0.5) is 8.78 Å². The van der Waals surface area contributed by atoms with E-state index in [2.05, 4.69) is 20.7 Å². The van der Waals surface area contributed by atoms with Crippen molar-refractivity contribution < 1.29 is 23.4 Å². The minimum Gasteiger partial charge on any atom is -0.506 e. The first-order valence-corrected chi connectivity index (χ1v) is 5.92. The molecule has 0 aliphatic carbocycles. The molecule has 3 N–H and O–H groups in total. The van der Waals surface area contributed by atoms with E-state index in [1.165, 1.54) is 13.0 Å². The molecule has 1 rings (SSSR count). The number of halogens is 4. The van der Waals surface area contributed by atoms with Crippen molar-refractivity contribution in [1.82, 2.24) is 0 Å². The van der Waals surface area contributed by atoms with E-state index in [1.807, 2.05) is 0 Å². The van der Waals surface area contributed by atoms with Gasteiger partial charge in [-0.1, -0.05) is 0 Å². The average Bonchev–Trinajstić information content (AvgIpc) is 2.33. The summed E-state index contributed by atoms with van der Waals surface area (Å²) in [5.41, 5.74) is 4.98. The Balaban J connectivity index is 0.00000324. The van der Waals surface area contributed by atoms with Gasteiger partial charge in [-0.05, 0) is 35.0 Å². The molecule has 108 valence electrons. The van der Waals surface area contributed by atoms with Crippen LogP contribution in [0, 0.1) is 5.82 Å². The van der Waals surface area contributed by atoms with Gasteiger partial charge in [0.05, 0.1) is 22.7 Å². The van der Waals surface area contributed by atoms with Gasteiger partial charge >= 0.3 is 5.97 Å². The molecule has 19 heavy (non-hydrogen) atoms. The largest absolute Gasteiger partial charge is 0.506 e. The summed E-state index contributed by atoms with van der Waals surface area (Å²) >= 11 is 2.95. The van der Waals surface area contributed by atoms with Gasteiger partial charge in [-0.15, -0.1) is 12.4 Å². The van der Waals surface area contributed by atoms with Crippen LogP contribution in [0.5, 0.6) is 5.75 Å². The van der Waals surface area contributed by atoms with Crippen LogP contribution in [0.3, 0.4) is 0 Å². The van der Waals surface area contributed by atoms with Gasteiger partial charge in [-0.3, -0.25) is 0 Å². The summed E-state index contributed by atoms with van der Waals surface area (Å²) in [6, 6.07) is 0.622. The summed E-state index contributed by atoms with van der Waals surface area (Å²) in [7, 11) is 0. The average molecular weight is 361 g/mol. The maximum Gasteiger partial charge on any atom is 0.342 e. The fourth-order valence-electron chi connectivity index (χ4n) is 1.39. The highest BCUT2D eigenvalue weighted by atomic mass is 79.9. The van der Waals surface area contributed by atoms with Gasteiger partial charge in [0.1, 0.15) is 11.6 Å². The number of hydrogen-bond acceptors (Lipinski definition) is 4. The number of rotatable bonds is 4. The maximum atomic E-state index is 13.7. The first-order chi connectivity index (χ1) is 8.40. The number of aromatic hydroxyl groups is 1. The van der Waals surface area contributed by atoms with E-state index in [9.17, 15) is 18.7 Å². The Kier molecular flexibility index (Phi) is 7.25. The molecule has 0 fully saturated rings. The van der Waals surface area contributed by atoms with Crippen molar-refractivity contribution in [1.29, 1.82) is 0 Å². The quantitative estimate of drug-likeness (QED) is 0.810. The fraction of sp³-hybridized carbons (Fsp3) is 0.364. The van der Waals surface area contributed by atoms with Crippen LogP contribution in [0.15, 0.2) is 16.6 Å². The third-order valence-electron chi connectivity index (χ3n) is 2.28. The Labute approximate surface area is 123 Å². The third-order valence-corrected chi connectivity index (χ3v) is 2.91. The van der Waals surface area contributed by atoms with Crippen molar-refractivity contribution in [3.63, 3.8) is 0 Å². The first-order valence-electron chi connectivity index (χ1n) is 5.13. The summed E-state index contributed by atoms with van der Waals surface area (Å²) in [5.74, 6) is -2.62. The zero-order valence-corrected chi connectivity index (χ0v) is 12.3. The molecule has 0 radical (unpaired) electrons. The van der Waals surface area contributed by atoms with Gasteiger partial charge in [0.15, 0.2) is 0 Å². The molecule has 2 atom stereocenters. The summed E-state index contributed by atoms with van der Waals surface area (Å²) < 4.78 is 31.8. The van der Waals surface area contributed by atoms with E-state index in [1.54, 1.807) is 0 Å². The van der Waals surface area contributed by atoms with Crippen molar-refractivity contribution in [2.45, 2.75) is 19.1 Å². The number of alkyl halides is 1. The second-order valence-corrected chi connectivity index (χ2v) is 4.33. The van der Waals surface area contributed by atoms with Crippen molar-refractivity contribution in [2.24, 2.45) is 5.73 Å². The number of esters is 1. The molecule has 1 aromatic rings. The second-order valence-electron chi connectivity index (χ2n) is 3.47. The molecule has 4 nitrogen and oxygen atoms in total. The van der Waals surface area contributed by atoms with Crippen LogP contribution < -0.4 is 5.73 Å². The number of carbonyl (C=O) groups is 1. The molecular weight excluding hydrogens is 347 g/mol. The van der Waals surface area contributed by atoms with Gasteiger partial charge in [0.2, 0.25) is 6.17 Å². The molecule has 0 aliphatic rings. The molecule has 0 saturated carbocycles. The highest BCUT2D eigenvalue weighted by molar-refractivity contribution is 9.10. The Morgan fingerprint density at radius 2 is 2.16 bits per heavy atom. The van der Waals surface area contributed by atoms with Gasteiger partial charge in [0, 0.05) is 0 Å². The van der Waals surface area contributed by atoms with Gasteiger partial charge in [-0.25, -0.2) is 13.6 Å². The van der Waals surface area contributed by atoms with Crippen LogP contribution in [-0.4, -0.2) is 23.9 Å². The number of phenols is 1. The lowest BCUT2D eigenvalue weighted by atomic mass is 10.0. The molecule has 8 heteroatoms.